The fraction of sp³-hybridized carbons (Fsp3) is 0.481. The van der Waals surface area contributed by atoms with Crippen LogP contribution >= 0.6 is 0 Å². The molecule has 4 rings (SSSR count). The number of hydrogen-bond acceptors (Lipinski definition) is 5. The van der Waals surface area contributed by atoms with Crippen LogP contribution in [0.2, 0.25) is 0 Å². The molecule has 2 N–H and O–H groups in total. The molecule has 2 atom stereocenters. The molecular weight excluding hydrogens is 522 g/mol. The number of amides is 3. The molecule has 2 fully saturated rings. The van der Waals surface area contributed by atoms with Crippen molar-refractivity contribution in [3.63, 3.8) is 0 Å². The van der Waals surface area contributed by atoms with Gasteiger partial charge in [0.1, 0.15) is 18.2 Å². The molecule has 3 amide bonds. The summed E-state index contributed by atoms with van der Waals surface area (Å²) in [5, 5.41) is 5.69. The van der Waals surface area contributed by atoms with E-state index in [2.05, 4.69) is 10.6 Å². The predicted octanol–water partition coefficient (Wildman–Crippen LogP) is 3.71. The third kappa shape index (κ3) is 5.40. The molecule has 1 spiro atoms. The molecule has 2 aliphatic rings. The first-order valence-electron chi connectivity index (χ1n) is 12.5. The van der Waals surface area contributed by atoms with Crippen LogP contribution in [0.3, 0.4) is 0 Å². The minimum Gasteiger partial charge on any atom is -0.491 e. The summed E-state index contributed by atoms with van der Waals surface area (Å²) in [5.74, 6) is -1.85. The summed E-state index contributed by atoms with van der Waals surface area (Å²) >= 11 is 0. The summed E-state index contributed by atoms with van der Waals surface area (Å²) in [7, 11) is 2.38. The highest BCUT2D eigenvalue weighted by molar-refractivity contribution is 5.88. The number of carbonyl (C=O) groups excluding carboxylic acids is 2. The Morgan fingerprint density at radius 1 is 1.08 bits per heavy atom. The minimum atomic E-state index is -5.02. The van der Waals surface area contributed by atoms with Crippen LogP contribution in [-0.4, -0.2) is 75.6 Å². The SMILES string of the molecule is COCCOc1cc(F)ccc1[C@H]1CNC(=O)NC12CCN(C(=O)[C@](OC)(c1ccccc1)C(F)(F)F)CC2. The molecule has 2 aliphatic heterocycles. The summed E-state index contributed by atoms with van der Waals surface area (Å²) in [6, 6.07) is 10.5. The molecule has 0 saturated carbocycles. The Morgan fingerprint density at radius 3 is 2.38 bits per heavy atom. The van der Waals surface area contributed by atoms with Gasteiger partial charge in [-0.25, -0.2) is 9.18 Å². The number of ether oxygens (including phenoxy) is 3. The van der Waals surface area contributed by atoms with Crippen LogP contribution in [0.1, 0.15) is 29.9 Å². The number of hydrogen-bond donors (Lipinski definition) is 2. The van der Waals surface area contributed by atoms with Crippen LogP contribution in [0.4, 0.5) is 22.4 Å². The maximum Gasteiger partial charge on any atom is 0.430 e. The highest BCUT2D eigenvalue weighted by Crippen LogP contribution is 2.46. The standard InChI is InChI=1S/C27H31F4N3O5/c1-37-14-15-39-22-16-19(28)8-9-20(22)21-17-32-24(36)33-25(21)10-12-34(13-11-25)23(35)26(38-2,27(29,30)31)18-6-4-3-5-7-18/h3-9,16,21H,10-15,17H2,1-2H3,(H2,32,33,36)/t21-,26-/m1/s1. The number of nitrogens with one attached hydrogen (secondary N) is 2. The fourth-order valence-corrected chi connectivity index (χ4v) is 5.52. The van der Waals surface area contributed by atoms with Gasteiger partial charge in [0, 0.05) is 57.0 Å². The van der Waals surface area contributed by atoms with Crippen LogP contribution in [0, 0.1) is 5.82 Å². The van der Waals surface area contributed by atoms with Crippen molar-refractivity contribution in [3.05, 3.63) is 65.5 Å². The van der Waals surface area contributed by atoms with Crippen molar-refractivity contribution in [2.24, 2.45) is 0 Å². The monoisotopic (exact) mass is 553 g/mol. The zero-order valence-corrected chi connectivity index (χ0v) is 21.6. The zero-order chi connectivity index (χ0) is 28.3. The van der Waals surface area contributed by atoms with Crippen molar-refractivity contribution in [3.8, 4) is 5.75 Å². The van der Waals surface area contributed by atoms with Crippen molar-refractivity contribution < 1.29 is 41.4 Å². The van der Waals surface area contributed by atoms with E-state index in [1.54, 1.807) is 12.1 Å². The van der Waals surface area contributed by atoms with Gasteiger partial charge in [-0.05, 0) is 18.9 Å². The fourth-order valence-electron chi connectivity index (χ4n) is 5.52. The molecule has 12 heteroatoms. The highest BCUT2D eigenvalue weighted by Gasteiger charge is 2.64. The predicted molar refractivity (Wildman–Crippen MR) is 133 cm³/mol. The second-order valence-electron chi connectivity index (χ2n) is 9.61. The molecule has 0 unspecified atom stereocenters. The summed E-state index contributed by atoms with van der Waals surface area (Å²) < 4.78 is 73.2. The van der Waals surface area contributed by atoms with Crippen LogP contribution in [0.25, 0.3) is 0 Å². The smallest absolute Gasteiger partial charge is 0.430 e. The van der Waals surface area contributed by atoms with Crippen molar-refractivity contribution in [1.82, 2.24) is 15.5 Å². The number of piperidine rings is 1. The van der Waals surface area contributed by atoms with Gasteiger partial charge in [-0.15, -0.1) is 0 Å². The highest BCUT2D eigenvalue weighted by atomic mass is 19.4. The largest absolute Gasteiger partial charge is 0.491 e. The lowest BCUT2D eigenvalue weighted by Crippen LogP contribution is -2.67. The molecule has 2 saturated heterocycles. The van der Waals surface area contributed by atoms with Gasteiger partial charge in [-0.2, -0.15) is 13.2 Å². The van der Waals surface area contributed by atoms with E-state index in [9.17, 15) is 27.2 Å². The van der Waals surface area contributed by atoms with Crippen molar-refractivity contribution >= 4 is 11.9 Å². The van der Waals surface area contributed by atoms with Gasteiger partial charge in [0.2, 0.25) is 0 Å². The van der Waals surface area contributed by atoms with Gasteiger partial charge in [0.15, 0.2) is 0 Å². The van der Waals surface area contributed by atoms with Crippen LogP contribution < -0.4 is 15.4 Å². The molecular formula is C27H31F4N3O5. The topological polar surface area (TPSA) is 89.1 Å². The van der Waals surface area contributed by atoms with Gasteiger partial charge < -0.3 is 29.7 Å². The third-order valence-electron chi connectivity index (χ3n) is 7.52. The number of rotatable bonds is 8. The number of urea groups is 1. The Morgan fingerprint density at radius 2 is 1.77 bits per heavy atom. The van der Waals surface area contributed by atoms with E-state index >= 15 is 0 Å². The quantitative estimate of drug-likeness (QED) is 0.385. The zero-order valence-electron chi connectivity index (χ0n) is 21.6. The number of methoxy groups -OCH3 is 2. The maximum atomic E-state index is 14.5. The van der Waals surface area contributed by atoms with Gasteiger partial charge >= 0.3 is 12.2 Å². The number of likely N-dealkylation sites (tertiary alicyclic amines) is 1. The molecule has 2 heterocycles. The molecule has 0 bridgehead atoms. The van der Waals surface area contributed by atoms with E-state index in [0.29, 0.717) is 5.56 Å². The molecule has 0 aromatic heterocycles. The van der Waals surface area contributed by atoms with Crippen LogP contribution in [0.15, 0.2) is 48.5 Å². The number of nitrogens with zero attached hydrogens (tertiary/aromatic N) is 1. The number of carbonyl (C=O) groups is 2. The van der Waals surface area contributed by atoms with E-state index in [-0.39, 0.29) is 57.0 Å². The first-order chi connectivity index (χ1) is 18.6. The summed E-state index contributed by atoms with van der Waals surface area (Å²) in [5.41, 5.74) is -3.76. The Balaban J connectivity index is 1.63. The Labute approximate surface area is 223 Å². The first kappa shape index (κ1) is 28.6. The molecule has 39 heavy (non-hydrogen) atoms. The molecule has 2 aromatic rings. The Bertz CT molecular complexity index is 1170. The second-order valence-corrected chi connectivity index (χ2v) is 9.61. The van der Waals surface area contributed by atoms with Crippen molar-refractivity contribution in [1.29, 1.82) is 0 Å². The van der Waals surface area contributed by atoms with Crippen molar-refractivity contribution in [2.75, 3.05) is 47.1 Å². The molecule has 2 aromatic carbocycles. The Kier molecular flexibility index (Phi) is 8.36. The normalized spacial score (nSPS) is 20.6. The lowest BCUT2D eigenvalue weighted by molar-refractivity contribution is -0.270. The van der Waals surface area contributed by atoms with Crippen molar-refractivity contribution in [2.45, 2.75) is 36.1 Å². The lowest BCUT2D eigenvalue weighted by atomic mass is 9.71. The molecule has 212 valence electrons. The second kappa shape index (κ2) is 11.4. The Hall–Kier alpha value is -3.38. The minimum absolute atomic E-state index is 0.0648. The number of benzene rings is 2. The van der Waals surface area contributed by atoms with E-state index < -0.39 is 41.0 Å². The number of halogens is 4. The summed E-state index contributed by atoms with van der Waals surface area (Å²) in [4.78, 5) is 27.1. The van der Waals surface area contributed by atoms with E-state index in [0.717, 1.165) is 12.0 Å². The van der Waals surface area contributed by atoms with Gasteiger partial charge in [0.05, 0.1) is 12.1 Å². The first-order valence-corrected chi connectivity index (χ1v) is 12.5. The van der Waals surface area contributed by atoms with Gasteiger partial charge in [-0.3, -0.25) is 4.79 Å². The lowest BCUT2D eigenvalue weighted by Gasteiger charge is -2.50. The van der Waals surface area contributed by atoms with Gasteiger partial charge in [-0.1, -0.05) is 36.4 Å². The average Bonchev–Trinajstić information content (AvgIpc) is 2.90. The molecule has 8 nitrogen and oxygen atoms in total. The van der Waals surface area contributed by atoms with Gasteiger partial charge in [0.25, 0.3) is 11.5 Å². The van der Waals surface area contributed by atoms with Crippen LogP contribution in [-0.2, 0) is 19.9 Å². The summed E-state index contributed by atoms with van der Waals surface area (Å²) in [6.45, 7) is 0.514. The van der Waals surface area contributed by atoms with E-state index in [4.69, 9.17) is 14.2 Å². The van der Waals surface area contributed by atoms with E-state index in [1.807, 2.05) is 0 Å². The maximum absolute atomic E-state index is 14.5. The summed E-state index contributed by atoms with van der Waals surface area (Å²) in [6.07, 6.45) is -4.69. The third-order valence-corrected chi connectivity index (χ3v) is 7.52. The number of alkyl halides is 3. The van der Waals surface area contributed by atoms with E-state index in [1.165, 1.54) is 43.5 Å². The van der Waals surface area contributed by atoms with Crippen LogP contribution in [0.5, 0.6) is 5.75 Å². The molecule has 0 aliphatic carbocycles. The molecule has 0 radical (unpaired) electrons. The average molecular weight is 554 g/mol.